The molecule has 106 valence electrons. The quantitative estimate of drug-likeness (QED) is 0.733. The van der Waals surface area contributed by atoms with Gasteiger partial charge >= 0.3 is 5.97 Å². The summed E-state index contributed by atoms with van der Waals surface area (Å²) in [4.78, 5) is 16.3. The number of hydrogen-bond acceptors (Lipinski definition) is 5. The number of benzene rings is 2. The first kappa shape index (κ1) is 13.6. The Bertz CT molecular complexity index is 913. The fourth-order valence-electron chi connectivity index (χ4n) is 2.09. The smallest absolute Gasteiger partial charge is 0.347 e. The predicted octanol–water partition coefficient (Wildman–Crippen LogP) is 3.03. The molecule has 0 aliphatic carbocycles. The Morgan fingerprint density at radius 1 is 1.14 bits per heavy atom. The summed E-state index contributed by atoms with van der Waals surface area (Å²) >= 11 is 0. The molecule has 1 N–H and O–H groups in total. The van der Waals surface area contributed by atoms with Gasteiger partial charge in [-0.1, -0.05) is 24.3 Å². The Morgan fingerprint density at radius 3 is 2.64 bits per heavy atom. The van der Waals surface area contributed by atoms with Crippen LogP contribution in [0.2, 0.25) is 0 Å². The normalized spacial score (nSPS) is 10.1. The molecule has 0 aliphatic rings. The fourth-order valence-corrected chi connectivity index (χ4v) is 2.09. The largest absolute Gasteiger partial charge is 0.507 e. The lowest BCUT2D eigenvalue weighted by Gasteiger charge is -2.08. The van der Waals surface area contributed by atoms with E-state index in [9.17, 15) is 9.90 Å². The van der Waals surface area contributed by atoms with Crippen molar-refractivity contribution in [1.82, 2.24) is 4.98 Å². The third-order valence-electron chi connectivity index (χ3n) is 3.12. The van der Waals surface area contributed by atoms with Crippen LogP contribution in [0.4, 0.5) is 0 Å². The van der Waals surface area contributed by atoms with Crippen LogP contribution < -0.4 is 4.74 Å². The second kappa shape index (κ2) is 5.54. The van der Waals surface area contributed by atoms with Crippen LogP contribution in [-0.4, -0.2) is 16.1 Å². The van der Waals surface area contributed by atoms with Gasteiger partial charge in [0.05, 0.1) is 5.52 Å². The van der Waals surface area contributed by atoms with Crippen LogP contribution in [0.5, 0.6) is 11.5 Å². The topological polar surface area (TPSA) is 83.2 Å². The molecule has 0 fully saturated rings. The summed E-state index contributed by atoms with van der Waals surface area (Å²) in [5.74, 6) is -0.625. The third kappa shape index (κ3) is 2.45. The molecule has 0 bridgehead atoms. The zero-order chi connectivity index (χ0) is 15.5. The number of phenolic OH excluding ortho intramolecular Hbond substituents is 1. The lowest BCUT2D eigenvalue weighted by Crippen LogP contribution is -2.09. The molecule has 0 saturated heterocycles. The minimum Gasteiger partial charge on any atom is -0.507 e. The van der Waals surface area contributed by atoms with Crippen LogP contribution in [0, 0.1) is 11.3 Å². The number of ether oxygens (including phenoxy) is 1. The molecule has 0 saturated carbocycles. The average Bonchev–Trinajstić information content (AvgIpc) is 2.55. The zero-order valence-electron chi connectivity index (χ0n) is 11.4. The summed E-state index contributed by atoms with van der Waals surface area (Å²) in [5.41, 5.74) is 0.766. The van der Waals surface area contributed by atoms with Crippen molar-refractivity contribution < 1.29 is 14.6 Å². The van der Waals surface area contributed by atoms with E-state index in [4.69, 9.17) is 10.00 Å². The summed E-state index contributed by atoms with van der Waals surface area (Å²) in [5, 5.41) is 19.3. The first-order valence-electron chi connectivity index (χ1n) is 6.49. The van der Waals surface area contributed by atoms with E-state index in [1.165, 1.54) is 18.2 Å². The van der Waals surface area contributed by atoms with Crippen molar-refractivity contribution in [1.29, 1.82) is 5.26 Å². The fraction of sp³-hybridized carbons (Fsp3) is 0. The van der Waals surface area contributed by atoms with E-state index in [-0.39, 0.29) is 22.8 Å². The van der Waals surface area contributed by atoms with Crippen LogP contribution in [-0.2, 0) is 0 Å². The number of carbonyl (C=O) groups is 1. The summed E-state index contributed by atoms with van der Waals surface area (Å²) in [6, 6.07) is 16.5. The lowest BCUT2D eigenvalue weighted by atomic mass is 10.1. The number of carbonyl (C=O) groups excluding carboxylic acids is 1. The second-order valence-electron chi connectivity index (χ2n) is 4.54. The monoisotopic (exact) mass is 290 g/mol. The molecular formula is C17H10N2O3. The molecule has 5 nitrogen and oxygen atoms in total. The van der Waals surface area contributed by atoms with Gasteiger partial charge in [0, 0.05) is 11.5 Å². The molecule has 1 heterocycles. The maximum Gasteiger partial charge on any atom is 0.347 e. The van der Waals surface area contributed by atoms with Crippen LogP contribution in [0.1, 0.15) is 16.1 Å². The number of nitriles is 1. The van der Waals surface area contributed by atoms with E-state index < -0.39 is 5.97 Å². The second-order valence-corrected chi connectivity index (χ2v) is 4.54. The highest BCUT2D eigenvalue weighted by atomic mass is 16.5. The van der Waals surface area contributed by atoms with Crippen molar-refractivity contribution in [2.45, 2.75) is 0 Å². The first-order valence-corrected chi connectivity index (χ1v) is 6.49. The van der Waals surface area contributed by atoms with Gasteiger partial charge in [-0.05, 0) is 24.3 Å². The Morgan fingerprint density at radius 2 is 1.86 bits per heavy atom. The van der Waals surface area contributed by atoms with Gasteiger partial charge in [0.25, 0.3) is 0 Å². The summed E-state index contributed by atoms with van der Waals surface area (Å²) in [6.45, 7) is 0. The third-order valence-corrected chi connectivity index (χ3v) is 3.12. The summed E-state index contributed by atoms with van der Waals surface area (Å²) in [7, 11) is 0. The van der Waals surface area contributed by atoms with E-state index in [1.54, 1.807) is 36.4 Å². The van der Waals surface area contributed by atoms with Crippen LogP contribution in [0.3, 0.4) is 0 Å². The van der Waals surface area contributed by atoms with Gasteiger partial charge in [-0.25, -0.2) is 9.78 Å². The molecule has 0 radical (unpaired) electrons. The molecule has 2 aromatic carbocycles. The number of aromatic nitrogens is 1. The first-order chi connectivity index (χ1) is 10.7. The number of hydrogen-bond donors (Lipinski definition) is 1. The zero-order valence-corrected chi connectivity index (χ0v) is 11.4. The number of esters is 1. The van der Waals surface area contributed by atoms with Crippen LogP contribution in [0.15, 0.2) is 54.6 Å². The molecular weight excluding hydrogens is 280 g/mol. The van der Waals surface area contributed by atoms with Crippen LogP contribution >= 0.6 is 0 Å². The van der Waals surface area contributed by atoms with Crippen molar-refractivity contribution in [3.05, 3.63) is 65.9 Å². The minimum atomic E-state index is -0.696. The number of aromatic hydroxyl groups is 1. The van der Waals surface area contributed by atoms with E-state index in [1.807, 2.05) is 6.07 Å². The van der Waals surface area contributed by atoms with Gasteiger partial charge < -0.3 is 9.84 Å². The maximum atomic E-state index is 12.2. The summed E-state index contributed by atoms with van der Waals surface area (Å²) < 4.78 is 5.35. The van der Waals surface area contributed by atoms with E-state index in [2.05, 4.69) is 4.98 Å². The van der Waals surface area contributed by atoms with Crippen molar-refractivity contribution in [3.63, 3.8) is 0 Å². The molecule has 0 aliphatic heterocycles. The van der Waals surface area contributed by atoms with E-state index in [0.29, 0.717) is 10.9 Å². The number of pyridine rings is 1. The number of phenols is 1. The number of fused-ring (bicyclic) bond motifs is 1. The molecule has 22 heavy (non-hydrogen) atoms. The van der Waals surface area contributed by atoms with Gasteiger partial charge in [0.2, 0.25) is 0 Å². The SMILES string of the molecule is N#Cc1cc(OC(=O)c2ccccc2O)c2ccccc2n1. The summed E-state index contributed by atoms with van der Waals surface area (Å²) in [6.07, 6.45) is 0. The van der Waals surface area contributed by atoms with Gasteiger partial charge in [-0.3, -0.25) is 0 Å². The Balaban J connectivity index is 2.06. The van der Waals surface area contributed by atoms with Gasteiger partial charge in [-0.15, -0.1) is 0 Å². The van der Waals surface area contributed by atoms with Crippen molar-refractivity contribution in [2.24, 2.45) is 0 Å². The highest BCUT2D eigenvalue weighted by molar-refractivity contribution is 5.96. The maximum absolute atomic E-state index is 12.2. The molecule has 1 aromatic heterocycles. The lowest BCUT2D eigenvalue weighted by molar-refractivity contribution is 0.0734. The molecule has 0 amide bonds. The van der Waals surface area contributed by atoms with Crippen LogP contribution in [0.25, 0.3) is 10.9 Å². The highest BCUT2D eigenvalue weighted by Gasteiger charge is 2.15. The Labute approximate surface area is 126 Å². The molecule has 3 aromatic rings. The predicted molar refractivity (Wildman–Crippen MR) is 79.5 cm³/mol. The standard InChI is InChI=1S/C17H10N2O3/c18-10-11-9-16(12-5-1-3-7-14(12)19-11)22-17(21)13-6-2-4-8-15(13)20/h1-9,20H. The number of nitrogens with zero attached hydrogens (tertiary/aromatic N) is 2. The van der Waals surface area contributed by atoms with E-state index >= 15 is 0 Å². The van der Waals surface area contributed by atoms with Crippen molar-refractivity contribution >= 4 is 16.9 Å². The molecule has 0 atom stereocenters. The average molecular weight is 290 g/mol. The Kier molecular flexibility index (Phi) is 3.42. The molecule has 0 spiro atoms. The Hall–Kier alpha value is -3.39. The molecule has 0 unspecified atom stereocenters. The van der Waals surface area contributed by atoms with Gasteiger partial charge in [0.15, 0.2) is 0 Å². The molecule has 3 rings (SSSR count). The van der Waals surface area contributed by atoms with E-state index in [0.717, 1.165) is 0 Å². The highest BCUT2D eigenvalue weighted by Crippen LogP contribution is 2.27. The van der Waals surface area contributed by atoms with Crippen molar-refractivity contribution in [2.75, 3.05) is 0 Å². The van der Waals surface area contributed by atoms with Crippen molar-refractivity contribution in [3.8, 4) is 17.6 Å². The molecule has 5 heteroatoms. The number of rotatable bonds is 2. The number of para-hydroxylation sites is 2. The van der Waals surface area contributed by atoms with Gasteiger partial charge in [0.1, 0.15) is 28.8 Å². The minimum absolute atomic E-state index is 0.0573. The van der Waals surface area contributed by atoms with Gasteiger partial charge in [-0.2, -0.15) is 5.26 Å².